The van der Waals surface area contributed by atoms with Gasteiger partial charge < -0.3 is 10.5 Å². The predicted molar refractivity (Wildman–Crippen MR) is 58.5 cm³/mol. The molecule has 0 aromatic heterocycles. The third kappa shape index (κ3) is 2.83. The van der Waals surface area contributed by atoms with Crippen molar-refractivity contribution >= 4 is 5.97 Å². The van der Waals surface area contributed by atoms with Gasteiger partial charge in [0.1, 0.15) is 0 Å². The number of methoxy groups -OCH3 is 1. The molecule has 0 amide bonds. The molecule has 1 rings (SSSR count). The van der Waals surface area contributed by atoms with E-state index in [0.717, 1.165) is 5.56 Å². The summed E-state index contributed by atoms with van der Waals surface area (Å²) in [7, 11) is 1.35. The van der Waals surface area contributed by atoms with E-state index in [1.807, 2.05) is 19.1 Å². The molecular weight excluding hydrogens is 190 g/mol. The minimum Gasteiger partial charge on any atom is -0.465 e. The normalized spacial score (nSPS) is 9.00. The van der Waals surface area contributed by atoms with Gasteiger partial charge in [-0.25, -0.2) is 4.79 Å². The monoisotopic (exact) mass is 203 g/mol. The molecule has 0 saturated carbocycles. The van der Waals surface area contributed by atoms with Gasteiger partial charge in [0.15, 0.2) is 0 Å². The van der Waals surface area contributed by atoms with E-state index in [1.54, 1.807) is 6.07 Å². The van der Waals surface area contributed by atoms with Crippen LogP contribution in [-0.4, -0.2) is 19.6 Å². The molecule has 1 aromatic carbocycles. The number of aryl methyl sites for hydroxylation is 1. The number of hydrogen-bond donors (Lipinski definition) is 1. The molecule has 0 heterocycles. The molecule has 0 spiro atoms. The maximum absolute atomic E-state index is 11.4. The van der Waals surface area contributed by atoms with Gasteiger partial charge in [0.2, 0.25) is 0 Å². The second-order valence-electron chi connectivity index (χ2n) is 3.05. The summed E-state index contributed by atoms with van der Waals surface area (Å²) in [5, 5.41) is 0. The molecule has 0 aliphatic carbocycles. The minimum atomic E-state index is -0.378. The molecule has 0 aliphatic heterocycles. The largest absolute Gasteiger partial charge is 0.465 e. The lowest BCUT2D eigenvalue weighted by Crippen LogP contribution is -2.04. The van der Waals surface area contributed by atoms with Gasteiger partial charge in [0.05, 0.1) is 19.2 Å². The van der Waals surface area contributed by atoms with Gasteiger partial charge in [-0.15, -0.1) is 0 Å². The van der Waals surface area contributed by atoms with Crippen LogP contribution in [-0.2, 0) is 4.74 Å². The Bertz CT molecular complexity index is 427. The fourth-order valence-corrected chi connectivity index (χ4v) is 1.20. The zero-order valence-electron chi connectivity index (χ0n) is 8.83. The molecule has 0 saturated heterocycles. The van der Waals surface area contributed by atoms with E-state index in [1.165, 1.54) is 7.11 Å². The second kappa shape index (κ2) is 5.18. The van der Waals surface area contributed by atoms with E-state index in [4.69, 9.17) is 5.73 Å². The maximum atomic E-state index is 11.4. The lowest BCUT2D eigenvalue weighted by atomic mass is 10.0. The lowest BCUT2D eigenvalue weighted by Gasteiger charge is -2.03. The highest BCUT2D eigenvalue weighted by molar-refractivity contribution is 5.92. The van der Waals surface area contributed by atoms with Crippen LogP contribution in [0.25, 0.3) is 0 Å². The van der Waals surface area contributed by atoms with Crippen LogP contribution >= 0.6 is 0 Å². The fourth-order valence-electron chi connectivity index (χ4n) is 1.20. The topological polar surface area (TPSA) is 52.3 Å². The van der Waals surface area contributed by atoms with E-state index in [-0.39, 0.29) is 12.5 Å². The molecule has 0 radical (unpaired) electrons. The quantitative estimate of drug-likeness (QED) is 0.549. The van der Waals surface area contributed by atoms with Crippen LogP contribution in [0.5, 0.6) is 0 Å². The van der Waals surface area contributed by atoms with Crippen LogP contribution in [0.1, 0.15) is 21.5 Å². The summed E-state index contributed by atoms with van der Waals surface area (Å²) in [5.74, 6) is 5.20. The van der Waals surface area contributed by atoms with Crippen molar-refractivity contribution < 1.29 is 9.53 Å². The molecule has 0 fully saturated rings. The first kappa shape index (κ1) is 11.3. The molecule has 78 valence electrons. The summed E-state index contributed by atoms with van der Waals surface area (Å²) in [6, 6.07) is 5.40. The summed E-state index contributed by atoms with van der Waals surface area (Å²) < 4.78 is 4.66. The van der Waals surface area contributed by atoms with Crippen molar-refractivity contribution in [3.8, 4) is 11.8 Å². The van der Waals surface area contributed by atoms with Crippen molar-refractivity contribution in [2.24, 2.45) is 5.73 Å². The number of ether oxygens (including phenoxy) is 1. The molecule has 0 bridgehead atoms. The van der Waals surface area contributed by atoms with E-state index in [0.29, 0.717) is 11.1 Å². The summed E-state index contributed by atoms with van der Waals surface area (Å²) in [6.07, 6.45) is 0. The molecule has 0 aliphatic rings. The standard InChI is InChI=1S/C12H13NO2/c1-9-5-6-11(12(14)15-2)10(8-9)4-3-7-13/h5-6,8H,7,13H2,1-2H3. The van der Waals surface area contributed by atoms with Crippen LogP contribution in [0.3, 0.4) is 0 Å². The Hall–Kier alpha value is -1.79. The molecule has 3 heteroatoms. The van der Waals surface area contributed by atoms with Crippen LogP contribution < -0.4 is 5.73 Å². The molecule has 0 atom stereocenters. The van der Waals surface area contributed by atoms with Gasteiger partial charge in [-0.05, 0) is 24.6 Å². The van der Waals surface area contributed by atoms with Gasteiger partial charge in [0, 0.05) is 5.56 Å². The van der Waals surface area contributed by atoms with Gasteiger partial charge in [-0.3, -0.25) is 0 Å². The van der Waals surface area contributed by atoms with Crippen molar-refractivity contribution in [2.75, 3.05) is 13.7 Å². The van der Waals surface area contributed by atoms with Crippen molar-refractivity contribution in [2.45, 2.75) is 6.92 Å². The minimum absolute atomic E-state index is 0.272. The fraction of sp³-hybridized carbons (Fsp3) is 0.250. The number of nitrogens with two attached hydrogens (primary N) is 1. The predicted octanol–water partition coefficient (Wildman–Crippen LogP) is 1.09. The summed E-state index contributed by atoms with van der Waals surface area (Å²) in [5.41, 5.74) is 7.46. The lowest BCUT2D eigenvalue weighted by molar-refractivity contribution is 0.0600. The zero-order chi connectivity index (χ0) is 11.3. The van der Waals surface area contributed by atoms with Gasteiger partial charge in [-0.1, -0.05) is 17.9 Å². The number of esters is 1. The summed E-state index contributed by atoms with van der Waals surface area (Å²) in [4.78, 5) is 11.4. The van der Waals surface area contributed by atoms with Gasteiger partial charge in [0.25, 0.3) is 0 Å². The Kier molecular flexibility index (Phi) is 3.90. The van der Waals surface area contributed by atoms with Crippen molar-refractivity contribution in [3.05, 3.63) is 34.9 Å². The Balaban J connectivity index is 3.20. The first-order valence-corrected chi connectivity index (χ1v) is 4.57. The van der Waals surface area contributed by atoms with E-state index in [2.05, 4.69) is 16.6 Å². The smallest absolute Gasteiger partial charge is 0.339 e. The Labute approximate surface area is 89.2 Å². The van der Waals surface area contributed by atoms with Crippen LogP contribution in [0.2, 0.25) is 0 Å². The summed E-state index contributed by atoms with van der Waals surface area (Å²) >= 11 is 0. The highest BCUT2D eigenvalue weighted by atomic mass is 16.5. The average molecular weight is 203 g/mol. The molecule has 2 N–H and O–H groups in total. The average Bonchev–Trinajstić information content (AvgIpc) is 2.25. The highest BCUT2D eigenvalue weighted by Gasteiger charge is 2.09. The molecule has 15 heavy (non-hydrogen) atoms. The Morgan fingerprint density at radius 3 is 2.87 bits per heavy atom. The Morgan fingerprint density at radius 1 is 1.53 bits per heavy atom. The van der Waals surface area contributed by atoms with Crippen molar-refractivity contribution in [1.29, 1.82) is 0 Å². The van der Waals surface area contributed by atoms with Gasteiger partial charge in [-0.2, -0.15) is 0 Å². The van der Waals surface area contributed by atoms with E-state index in [9.17, 15) is 4.79 Å². The van der Waals surface area contributed by atoms with Gasteiger partial charge >= 0.3 is 5.97 Å². The number of carbonyl (C=O) groups excluding carboxylic acids is 1. The third-order valence-electron chi connectivity index (χ3n) is 1.91. The number of carbonyl (C=O) groups is 1. The SMILES string of the molecule is COC(=O)c1ccc(C)cc1C#CCN. The van der Waals surface area contributed by atoms with Crippen LogP contribution in [0.4, 0.5) is 0 Å². The molecule has 0 unspecified atom stereocenters. The molecule has 1 aromatic rings. The van der Waals surface area contributed by atoms with Crippen molar-refractivity contribution in [3.63, 3.8) is 0 Å². The molecule has 3 nitrogen and oxygen atoms in total. The number of benzene rings is 1. The zero-order valence-corrected chi connectivity index (χ0v) is 8.83. The van der Waals surface area contributed by atoms with Crippen molar-refractivity contribution in [1.82, 2.24) is 0 Å². The van der Waals surface area contributed by atoms with Crippen LogP contribution in [0, 0.1) is 18.8 Å². The Morgan fingerprint density at radius 2 is 2.27 bits per heavy atom. The first-order chi connectivity index (χ1) is 7.19. The number of rotatable bonds is 1. The number of hydrogen-bond acceptors (Lipinski definition) is 3. The third-order valence-corrected chi connectivity index (χ3v) is 1.91. The van der Waals surface area contributed by atoms with E-state index >= 15 is 0 Å². The molecular formula is C12H13NO2. The van der Waals surface area contributed by atoms with Crippen LogP contribution in [0.15, 0.2) is 18.2 Å². The van der Waals surface area contributed by atoms with E-state index < -0.39 is 0 Å². The first-order valence-electron chi connectivity index (χ1n) is 4.57. The second-order valence-corrected chi connectivity index (χ2v) is 3.05. The maximum Gasteiger partial charge on any atom is 0.339 e. The summed E-state index contributed by atoms with van der Waals surface area (Å²) in [6.45, 7) is 2.21. The highest BCUT2D eigenvalue weighted by Crippen LogP contribution is 2.11.